The van der Waals surface area contributed by atoms with E-state index in [9.17, 15) is 23.1 Å². The second-order valence-electron chi connectivity index (χ2n) is 4.04. The van der Waals surface area contributed by atoms with E-state index in [-0.39, 0.29) is 22.7 Å². The lowest BCUT2D eigenvalue weighted by Crippen LogP contribution is -2.17. The minimum Gasteiger partial charge on any atom is -0.507 e. The van der Waals surface area contributed by atoms with Crippen LogP contribution in [0.5, 0.6) is 11.5 Å². The van der Waals surface area contributed by atoms with Gasteiger partial charge in [0.05, 0.1) is 5.56 Å². The summed E-state index contributed by atoms with van der Waals surface area (Å²) in [5, 5.41) is 12.0. The smallest absolute Gasteiger partial charge is 0.507 e. The van der Waals surface area contributed by atoms with Crippen LogP contribution >= 0.6 is 0 Å². The van der Waals surface area contributed by atoms with Crippen LogP contribution in [0, 0.1) is 0 Å². The van der Waals surface area contributed by atoms with Crippen molar-refractivity contribution in [3.8, 4) is 11.5 Å². The van der Waals surface area contributed by atoms with Gasteiger partial charge in [-0.15, -0.1) is 13.2 Å². The molecular weight excluding hydrogens is 287 g/mol. The third-order valence-electron chi connectivity index (χ3n) is 2.49. The summed E-state index contributed by atoms with van der Waals surface area (Å²) in [5.74, 6) is -1.15. The number of nitrogens with one attached hydrogen (secondary N) is 1. The van der Waals surface area contributed by atoms with Crippen LogP contribution in [0.4, 0.5) is 18.9 Å². The number of phenolic OH excluding ortho intramolecular Hbond substituents is 1. The van der Waals surface area contributed by atoms with E-state index in [2.05, 4.69) is 10.1 Å². The number of hydrogen-bond acceptors (Lipinski definition) is 3. The summed E-state index contributed by atoms with van der Waals surface area (Å²) in [4.78, 5) is 11.9. The standard InChI is InChI=1S/C14H10F3NO3/c15-14(16,17)21-10-7-5-9(6-8-10)18-13(20)11-3-1-2-4-12(11)19/h1-8,19H,(H,18,20). The number of ether oxygens (including phenoxy) is 1. The normalized spacial score (nSPS) is 11.0. The molecule has 4 nitrogen and oxygen atoms in total. The second-order valence-corrected chi connectivity index (χ2v) is 4.04. The average Bonchev–Trinajstić information content (AvgIpc) is 2.40. The van der Waals surface area contributed by atoms with Gasteiger partial charge in [-0.05, 0) is 36.4 Å². The molecule has 0 radical (unpaired) electrons. The molecule has 0 bridgehead atoms. The molecule has 0 atom stereocenters. The van der Waals surface area contributed by atoms with E-state index < -0.39 is 12.3 Å². The fourth-order valence-corrected chi connectivity index (χ4v) is 1.60. The molecule has 0 saturated heterocycles. The summed E-state index contributed by atoms with van der Waals surface area (Å²) in [7, 11) is 0. The summed E-state index contributed by atoms with van der Waals surface area (Å²) in [6.45, 7) is 0. The number of aromatic hydroxyl groups is 1. The van der Waals surface area contributed by atoms with Gasteiger partial charge in [-0.1, -0.05) is 12.1 Å². The van der Waals surface area contributed by atoms with Gasteiger partial charge < -0.3 is 15.2 Å². The van der Waals surface area contributed by atoms with E-state index in [0.717, 1.165) is 12.1 Å². The number of amides is 1. The summed E-state index contributed by atoms with van der Waals surface area (Å²) in [6, 6.07) is 10.6. The molecule has 21 heavy (non-hydrogen) atoms. The zero-order chi connectivity index (χ0) is 15.5. The van der Waals surface area contributed by atoms with Crippen LogP contribution in [-0.2, 0) is 0 Å². The van der Waals surface area contributed by atoms with Gasteiger partial charge in [0.1, 0.15) is 11.5 Å². The molecule has 0 spiro atoms. The molecule has 0 heterocycles. The molecule has 2 rings (SSSR count). The lowest BCUT2D eigenvalue weighted by atomic mass is 10.2. The predicted octanol–water partition coefficient (Wildman–Crippen LogP) is 3.54. The molecule has 0 fully saturated rings. The van der Waals surface area contributed by atoms with Crippen molar-refractivity contribution in [2.24, 2.45) is 0 Å². The van der Waals surface area contributed by atoms with Crippen LogP contribution in [0.3, 0.4) is 0 Å². The Morgan fingerprint density at radius 2 is 1.67 bits per heavy atom. The minimum absolute atomic E-state index is 0.0631. The monoisotopic (exact) mass is 297 g/mol. The number of alkyl halides is 3. The summed E-state index contributed by atoms with van der Waals surface area (Å²) in [5.41, 5.74) is 0.339. The number of carbonyl (C=O) groups excluding carboxylic acids is 1. The van der Waals surface area contributed by atoms with E-state index in [1.54, 1.807) is 12.1 Å². The van der Waals surface area contributed by atoms with Crippen molar-refractivity contribution in [3.63, 3.8) is 0 Å². The maximum atomic E-state index is 12.0. The van der Waals surface area contributed by atoms with Crippen LogP contribution in [0.25, 0.3) is 0 Å². The van der Waals surface area contributed by atoms with E-state index >= 15 is 0 Å². The molecule has 0 aliphatic rings. The zero-order valence-electron chi connectivity index (χ0n) is 10.5. The molecule has 1 amide bonds. The highest BCUT2D eigenvalue weighted by atomic mass is 19.4. The van der Waals surface area contributed by atoms with Crippen molar-refractivity contribution in [1.82, 2.24) is 0 Å². The van der Waals surface area contributed by atoms with E-state index in [1.165, 1.54) is 24.3 Å². The molecule has 0 aromatic heterocycles. The van der Waals surface area contributed by atoms with Gasteiger partial charge >= 0.3 is 6.36 Å². The Bertz CT molecular complexity index is 639. The van der Waals surface area contributed by atoms with Crippen molar-refractivity contribution in [2.75, 3.05) is 5.32 Å². The zero-order valence-corrected chi connectivity index (χ0v) is 10.5. The van der Waals surface area contributed by atoms with Gasteiger partial charge in [0.25, 0.3) is 5.91 Å². The topological polar surface area (TPSA) is 58.6 Å². The van der Waals surface area contributed by atoms with Gasteiger partial charge in [-0.3, -0.25) is 4.79 Å². The highest BCUT2D eigenvalue weighted by Gasteiger charge is 2.30. The number of phenols is 1. The van der Waals surface area contributed by atoms with Crippen LogP contribution in [0.15, 0.2) is 48.5 Å². The molecule has 0 unspecified atom stereocenters. The van der Waals surface area contributed by atoms with E-state index in [4.69, 9.17) is 0 Å². The van der Waals surface area contributed by atoms with E-state index in [1.807, 2.05) is 0 Å². The largest absolute Gasteiger partial charge is 0.573 e. The molecule has 2 N–H and O–H groups in total. The van der Waals surface area contributed by atoms with Crippen molar-refractivity contribution < 1.29 is 27.8 Å². The molecule has 7 heteroatoms. The molecule has 2 aromatic rings. The molecule has 0 saturated carbocycles. The van der Waals surface area contributed by atoms with Crippen molar-refractivity contribution in [3.05, 3.63) is 54.1 Å². The highest BCUT2D eigenvalue weighted by Crippen LogP contribution is 2.24. The fourth-order valence-electron chi connectivity index (χ4n) is 1.60. The Hall–Kier alpha value is -2.70. The second kappa shape index (κ2) is 5.74. The first-order valence-electron chi connectivity index (χ1n) is 5.80. The number of anilines is 1. The SMILES string of the molecule is O=C(Nc1ccc(OC(F)(F)F)cc1)c1ccccc1O. The van der Waals surface area contributed by atoms with Gasteiger partial charge in [0, 0.05) is 5.69 Å². The Kier molecular flexibility index (Phi) is 4.02. The highest BCUT2D eigenvalue weighted by molar-refractivity contribution is 6.06. The Morgan fingerprint density at radius 3 is 2.24 bits per heavy atom. The minimum atomic E-state index is -4.76. The molecule has 0 aliphatic heterocycles. The third-order valence-corrected chi connectivity index (χ3v) is 2.49. The first kappa shape index (κ1) is 14.7. The van der Waals surface area contributed by atoms with Crippen LogP contribution in [0.1, 0.15) is 10.4 Å². The molecule has 0 aliphatic carbocycles. The van der Waals surface area contributed by atoms with Gasteiger partial charge in [-0.25, -0.2) is 0 Å². The van der Waals surface area contributed by atoms with Crippen LogP contribution < -0.4 is 10.1 Å². The van der Waals surface area contributed by atoms with Crippen molar-refractivity contribution >= 4 is 11.6 Å². The third kappa shape index (κ3) is 4.13. The first-order chi connectivity index (χ1) is 9.85. The van der Waals surface area contributed by atoms with E-state index in [0.29, 0.717) is 0 Å². The van der Waals surface area contributed by atoms with Crippen molar-refractivity contribution in [1.29, 1.82) is 0 Å². The number of benzene rings is 2. The number of hydrogen-bond donors (Lipinski definition) is 2. The number of halogens is 3. The van der Waals surface area contributed by atoms with Gasteiger partial charge in [-0.2, -0.15) is 0 Å². The predicted molar refractivity (Wildman–Crippen MR) is 69.2 cm³/mol. The molecule has 2 aromatic carbocycles. The summed E-state index contributed by atoms with van der Waals surface area (Å²) in [6.07, 6.45) is -4.76. The van der Waals surface area contributed by atoms with Gasteiger partial charge in [0.15, 0.2) is 0 Å². The first-order valence-corrected chi connectivity index (χ1v) is 5.80. The quantitative estimate of drug-likeness (QED) is 0.911. The Labute approximate surface area is 117 Å². The molecular formula is C14H10F3NO3. The fraction of sp³-hybridized carbons (Fsp3) is 0.0714. The van der Waals surface area contributed by atoms with Gasteiger partial charge in [0.2, 0.25) is 0 Å². The Balaban J connectivity index is 2.07. The summed E-state index contributed by atoms with van der Waals surface area (Å²) >= 11 is 0. The number of para-hydroxylation sites is 1. The van der Waals surface area contributed by atoms with Crippen molar-refractivity contribution in [2.45, 2.75) is 6.36 Å². The van der Waals surface area contributed by atoms with Crippen LogP contribution in [-0.4, -0.2) is 17.4 Å². The number of rotatable bonds is 3. The number of carbonyl (C=O) groups is 1. The maximum Gasteiger partial charge on any atom is 0.573 e. The maximum absolute atomic E-state index is 12.0. The lowest BCUT2D eigenvalue weighted by molar-refractivity contribution is -0.274. The lowest BCUT2D eigenvalue weighted by Gasteiger charge is -2.10. The van der Waals surface area contributed by atoms with Crippen LogP contribution in [0.2, 0.25) is 0 Å². The average molecular weight is 297 g/mol. The summed E-state index contributed by atoms with van der Waals surface area (Å²) < 4.78 is 39.7. The molecule has 110 valence electrons. The Morgan fingerprint density at radius 1 is 1.05 bits per heavy atom.